The normalized spacial score (nSPS) is 21.0. The monoisotopic (exact) mass is 351 g/mol. The zero-order chi connectivity index (χ0) is 17.1. The lowest BCUT2D eigenvalue weighted by Gasteiger charge is -2.40. The lowest BCUT2D eigenvalue weighted by Crippen LogP contribution is -2.49. The van der Waals surface area contributed by atoms with Gasteiger partial charge in [-0.25, -0.2) is 9.97 Å². The summed E-state index contributed by atoms with van der Waals surface area (Å²) in [6.07, 6.45) is 4.93. The van der Waals surface area contributed by atoms with Crippen molar-refractivity contribution in [3.05, 3.63) is 27.6 Å². The molecule has 130 valence electrons. The molecule has 2 aliphatic rings. The molecule has 8 heteroatoms. The molecule has 3 heterocycles. The van der Waals surface area contributed by atoms with Crippen LogP contribution >= 0.6 is 11.6 Å². The van der Waals surface area contributed by atoms with Crippen molar-refractivity contribution in [1.82, 2.24) is 19.8 Å². The standard InChI is InChI=1S/C16H22ClN5O2/c1-11-14(18-10-19-15(11)17)16(23)22-8-4-13(5-9-22)21-6-2-12(20-24)3-7-21/h10,12-13H,2-9H2,1H3. The van der Waals surface area contributed by atoms with Crippen molar-refractivity contribution in [3.8, 4) is 0 Å². The lowest BCUT2D eigenvalue weighted by molar-refractivity contribution is 0.0574. The first-order chi connectivity index (χ1) is 11.6. The van der Waals surface area contributed by atoms with Crippen molar-refractivity contribution in [1.29, 1.82) is 0 Å². The number of carbonyl (C=O) groups excluding carboxylic acids is 1. The van der Waals surface area contributed by atoms with Crippen molar-refractivity contribution in [3.63, 3.8) is 0 Å². The van der Waals surface area contributed by atoms with Crippen LogP contribution in [-0.2, 0) is 0 Å². The second-order valence-electron chi connectivity index (χ2n) is 6.53. The van der Waals surface area contributed by atoms with Crippen LogP contribution in [0.1, 0.15) is 41.7 Å². The minimum Gasteiger partial charge on any atom is -0.337 e. The molecule has 0 saturated carbocycles. The maximum atomic E-state index is 12.7. The van der Waals surface area contributed by atoms with Crippen molar-refractivity contribution in [2.24, 2.45) is 5.18 Å². The van der Waals surface area contributed by atoms with E-state index in [4.69, 9.17) is 11.6 Å². The fraction of sp³-hybridized carbons (Fsp3) is 0.688. The Morgan fingerprint density at radius 2 is 1.83 bits per heavy atom. The minimum atomic E-state index is -0.0703. The minimum absolute atomic E-state index is 0.0200. The van der Waals surface area contributed by atoms with Crippen LogP contribution in [-0.4, -0.2) is 63.9 Å². The highest BCUT2D eigenvalue weighted by Crippen LogP contribution is 2.24. The van der Waals surface area contributed by atoms with Gasteiger partial charge in [0.2, 0.25) is 0 Å². The van der Waals surface area contributed by atoms with E-state index >= 15 is 0 Å². The van der Waals surface area contributed by atoms with Crippen LogP contribution in [0.2, 0.25) is 5.15 Å². The summed E-state index contributed by atoms with van der Waals surface area (Å²) in [6, 6.07) is 0.463. The second kappa shape index (κ2) is 7.53. The van der Waals surface area contributed by atoms with Crippen LogP contribution in [0, 0.1) is 11.8 Å². The quantitative estimate of drug-likeness (QED) is 0.616. The molecule has 0 spiro atoms. The summed E-state index contributed by atoms with van der Waals surface area (Å²) in [6.45, 7) is 5.06. The van der Waals surface area contributed by atoms with Crippen LogP contribution < -0.4 is 0 Å². The average molecular weight is 352 g/mol. The van der Waals surface area contributed by atoms with Gasteiger partial charge in [-0.05, 0) is 32.6 Å². The third-order valence-electron chi connectivity index (χ3n) is 5.14. The molecule has 0 aliphatic carbocycles. The topological polar surface area (TPSA) is 78.8 Å². The van der Waals surface area contributed by atoms with E-state index in [-0.39, 0.29) is 11.9 Å². The van der Waals surface area contributed by atoms with Gasteiger partial charge in [0.15, 0.2) is 0 Å². The second-order valence-corrected chi connectivity index (χ2v) is 6.89. The van der Waals surface area contributed by atoms with Crippen molar-refractivity contribution < 1.29 is 4.79 Å². The highest BCUT2D eigenvalue weighted by atomic mass is 35.5. The number of hydrogen-bond donors (Lipinski definition) is 0. The van der Waals surface area contributed by atoms with E-state index in [1.54, 1.807) is 6.92 Å². The molecule has 24 heavy (non-hydrogen) atoms. The first kappa shape index (κ1) is 17.2. The molecule has 2 saturated heterocycles. The summed E-state index contributed by atoms with van der Waals surface area (Å²) < 4.78 is 0. The largest absolute Gasteiger partial charge is 0.337 e. The van der Waals surface area contributed by atoms with E-state index in [0.29, 0.717) is 22.5 Å². The summed E-state index contributed by atoms with van der Waals surface area (Å²) in [5.41, 5.74) is 1.03. The molecule has 1 amide bonds. The van der Waals surface area contributed by atoms with Gasteiger partial charge in [0.1, 0.15) is 17.2 Å². The van der Waals surface area contributed by atoms with E-state index in [9.17, 15) is 9.70 Å². The van der Waals surface area contributed by atoms with E-state index < -0.39 is 0 Å². The van der Waals surface area contributed by atoms with Gasteiger partial charge in [0.25, 0.3) is 5.91 Å². The zero-order valence-corrected chi connectivity index (χ0v) is 14.6. The predicted molar refractivity (Wildman–Crippen MR) is 91.1 cm³/mol. The van der Waals surface area contributed by atoms with Crippen LogP contribution in [0.5, 0.6) is 0 Å². The van der Waals surface area contributed by atoms with E-state index in [0.717, 1.165) is 51.9 Å². The number of nitrogens with zero attached hydrogens (tertiary/aromatic N) is 5. The first-order valence-corrected chi connectivity index (χ1v) is 8.81. The molecule has 0 atom stereocenters. The van der Waals surface area contributed by atoms with Gasteiger partial charge >= 0.3 is 0 Å². The van der Waals surface area contributed by atoms with E-state index in [1.165, 1.54) is 6.33 Å². The molecule has 2 aliphatic heterocycles. The molecule has 0 aromatic carbocycles. The Morgan fingerprint density at radius 3 is 2.46 bits per heavy atom. The fourth-order valence-corrected chi connectivity index (χ4v) is 3.72. The molecule has 0 unspecified atom stereocenters. The molecule has 0 radical (unpaired) electrons. The Morgan fingerprint density at radius 1 is 1.17 bits per heavy atom. The van der Waals surface area contributed by atoms with Crippen LogP contribution in [0.4, 0.5) is 0 Å². The van der Waals surface area contributed by atoms with Crippen LogP contribution in [0.3, 0.4) is 0 Å². The highest BCUT2D eigenvalue weighted by Gasteiger charge is 2.31. The van der Waals surface area contributed by atoms with Gasteiger partial charge in [0.05, 0.1) is 6.04 Å². The third-order valence-corrected chi connectivity index (χ3v) is 5.52. The van der Waals surface area contributed by atoms with Gasteiger partial charge in [-0.3, -0.25) is 4.79 Å². The van der Waals surface area contributed by atoms with Crippen molar-refractivity contribution in [2.45, 2.75) is 44.7 Å². The van der Waals surface area contributed by atoms with Crippen LogP contribution in [0.15, 0.2) is 11.5 Å². The fourth-order valence-electron chi connectivity index (χ4n) is 3.58. The Balaban J connectivity index is 1.56. The SMILES string of the molecule is Cc1c(Cl)ncnc1C(=O)N1CCC(N2CCC(N=O)CC2)CC1. The average Bonchev–Trinajstić information content (AvgIpc) is 2.64. The number of carbonyl (C=O) groups is 1. The summed E-state index contributed by atoms with van der Waals surface area (Å²) in [5, 5.41) is 3.49. The molecule has 7 nitrogen and oxygen atoms in total. The molecule has 0 bridgehead atoms. The molecule has 2 fully saturated rings. The number of amides is 1. The van der Waals surface area contributed by atoms with Crippen molar-refractivity contribution >= 4 is 17.5 Å². The third kappa shape index (κ3) is 3.57. The molecule has 3 rings (SSSR count). The smallest absolute Gasteiger partial charge is 0.272 e. The highest BCUT2D eigenvalue weighted by molar-refractivity contribution is 6.30. The van der Waals surface area contributed by atoms with E-state index in [2.05, 4.69) is 20.0 Å². The van der Waals surface area contributed by atoms with Crippen LogP contribution in [0.25, 0.3) is 0 Å². The van der Waals surface area contributed by atoms with Gasteiger partial charge in [0, 0.05) is 37.8 Å². The predicted octanol–water partition coefficient (Wildman–Crippen LogP) is 2.27. The van der Waals surface area contributed by atoms with Gasteiger partial charge in [-0.2, -0.15) is 4.91 Å². The van der Waals surface area contributed by atoms with Gasteiger partial charge < -0.3 is 9.80 Å². The molecular weight excluding hydrogens is 330 g/mol. The molecular formula is C16H22ClN5O2. The Kier molecular flexibility index (Phi) is 5.40. The van der Waals surface area contributed by atoms with Gasteiger partial charge in [-0.15, -0.1) is 0 Å². The maximum Gasteiger partial charge on any atom is 0.272 e. The number of piperidine rings is 2. The van der Waals surface area contributed by atoms with E-state index in [1.807, 2.05) is 4.90 Å². The first-order valence-electron chi connectivity index (χ1n) is 8.43. The summed E-state index contributed by atoms with van der Waals surface area (Å²) >= 11 is 5.99. The Labute approximate surface area is 146 Å². The molecule has 1 aromatic heterocycles. The number of halogens is 1. The van der Waals surface area contributed by atoms with Gasteiger partial charge in [-0.1, -0.05) is 16.8 Å². The molecule has 1 aromatic rings. The summed E-state index contributed by atoms with van der Waals surface area (Å²) in [7, 11) is 0. The molecule has 0 N–H and O–H groups in total. The summed E-state index contributed by atoms with van der Waals surface area (Å²) in [5.74, 6) is -0.0703. The number of hydrogen-bond acceptors (Lipinski definition) is 6. The Hall–Kier alpha value is -1.60. The maximum absolute atomic E-state index is 12.7. The summed E-state index contributed by atoms with van der Waals surface area (Å²) in [4.78, 5) is 35.6. The zero-order valence-electron chi connectivity index (χ0n) is 13.8. The Bertz CT molecular complexity index is 610. The number of nitroso groups, excluding NO2 is 1. The number of aromatic nitrogens is 2. The van der Waals surface area contributed by atoms with Crippen molar-refractivity contribution in [2.75, 3.05) is 26.2 Å². The lowest BCUT2D eigenvalue weighted by atomic mass is 9.98. The number of rotatable bonds is 3. The number of likely N-dealkylation sites (tertiary alicyclic amines) is 2.